The fourth-order valence-corrected chi connectivity index (χ4v) is 4.03. The van der Waals surface area contributed by atoms with Crippen LogP contribution in [0.4, 0.5) is 11.5 Å². The minimum Gasteiger partial charge on any atom is -0.372 e. The van der Waals surface area contributed by atoms with Crippen molar-refractivity contribution in [2.75, 3.05) is 23.3 Å². The van der Waals surface area contributed by atoms with Crippen LogP contribution < -0.4 is 15.5 Å². The molecule has 1 fully saturated rings. The summed E-state index contributed by atoms with van der Waals surface area (Å²) in [4.78, 5) is 31.5. The molecule has 0 bridgehead atoms. The van der Waals surface area contributed by atoms with Crippen molar-refractivity contribution in [1.29, 1.82) is 0 Å². The van der Waals surface area contributed by atoms with E-state index in [0.717, 1.165) is 30.0 Å². The lowest BCUT2D eigenvalue weighted by molar-refractivity contribution is -0.126. The van der Waals surface area contributed by atoms with E-state index in [1.54, 1.807) is 6.20 Å². The Morgan fingerprint density at radius 3 is 2.69 bits per heavy atom. The lowest BCUT2D eigenvalue weighted by atomic mass is 9.90. The van der Waals surface area contributed by atoms with Gasteiger partial charge in [-0.1, -0.05) is 24.3 Å². The number of pyridine rings is 1. The first kappa shape index (κ1) is 19.4. The third kappa shape index (κ3) is 4.40. The summed E-state index contributed by atoms with van der Waals surface area (Å²) in [6.45, 7) is 6.14. The molecular weight excluding hydrogens is 368 g/mol. The number of anilines is 2. The van der Waals surface area contributed by atoms with E-state index < -0.39 is 5.92 Å². The molecule has 7 nitrogen and oxygen atoms in total. The van der Waals surface area contributed by atoms with Crippen molar-refractivity contribution < 1.29 is 14.3 Å². The Bertz CT molecular complexity index is 889. The lowest BCUT2D eigenvalue weighted by Gasteiger charge is -2.36. The Hall–Kier alpha value is -2.93. The number of carbonyl (C=O) groups excluding carboxylic acids is 2. The van der Waals surface area contributed by atoms with Gasteiger partial charge in [-0.05, 0) is 37.1 Å². The number of nitrogens with zero attached hydrogens (tertiary/aromatic N) is 2. The summed E-state index contributed by atoms with van der Waals surface area (Å²) in [6, 6.07) is 11.4. The summed E-state index contributed by atoms with van der Waals surface area (Å²) >= 11 is 0. The number of ether oxygens (including phenoxy) is 1. The summed E-state index contributed by atoms with van der Waals surface area (Å²) in [5.41, 5.74) is 2.49. The van der Waals surface area contributed by atoms with Gasteiger partial charge in [0.25, 0.3) is 0 Å². The minimum absolute atomic E-state index is 0.135. The molecule has 2 aromatic rings. The first-order chi connectivity index (χ1) is 14.0. The van der Waals surface area contributed by atoms with Crippen molar-refractivity contribution in [1.82, 2.24) is 10.3 Å². The molecule has 29 heavy (non-hydrogen) atoms. The quantitative estimate of drug-likeness (QED) is 0.832. The highest BCUT2D eigenvalue weighted by Gasteiger charge is 2.30. The number of aromatic nitrogens is 1. The molecule has 2 aliphatic heterocycles. The number of carbonyl (C=O) groups is 2. The SMILES string of the molecule is CC1CN(c2ccc(CNC(=O)C3CC(=O)Nc4ccccc43)cn2)CC(C)O1. The number of hydrogen-bond acceptors (Lipinski definition) is 5. The van der Waals surface area contributed by atoms with E-state index in [4.69, 9.17) is 4.74 Å². The number of benzene rings is 1. The summed E-state index contributed by atoms with van der Waals surface area (Å²) in [5, 5.41) is 5.77. The minimum atomic E-state index is -0.469. The van der Waals surface area contributed by atoms with Gasteiger partial charge in [0.2, 0.25) is 11.8 Å². The van der Waals surface area contributed by atoms with Crippen molar-refractivity contribution in [3.8, 4) is 0 Å². The number of amides is 2. The van der Waals surface area contributed by atoms with E-state index in [-0.39, 0.29) is 30.4 Å². The Balaban J connectivity index is 1.38. The van der Waals surface area contributed by atoms with Crippen LogP contribution in [0.3, 0.4) is 0 Å². The molecule has 7 heteroatoms. The van der Waals surface area contributed by atoms with Crippen LogP contribution in [0.2, 0.25) is 0 Å². The van der Waals surface area contributed by atoms with E-state index in [9.17, 15) is 9.59 Å². The molecule has 0 radical (unpaired) electrons. The van der Waals surface area contributed by atoms with Gasteiger partial charge >= 0.3 is 0 Å². The smallest absolute Gasteiger partial charge is 0.228 e. The molecule has 2 amide bonds. The predicted molar refractivity (Wildman–Crippen MR) is 111 cm³/mol. The van der Waals surface area contributed by atoms with Crippen LogP contribution in [0.1, 0.15) is 37.3 Å². The highest BCUT2D eigenvalue weighted by molar-refractivity contribution is 6.01. The second-order valence-electron chi connectivity index (χ2n) is 7.80. The van der Waals surface area contributed by atoms with E-state index in [2.05, 4.69) is 34.4 Å². The van der Waals surface area contributed by atoms with Crippen LogP contribution in [0.25, 0.3) is 0 Å². The number of hydrogen-bond donors (Lipinski definition) is 2. The first-order valence-electron chi connectivity index (χ1n) is 10.0. The molecule has 1 aromatic carbocycles. The van der Waals surface area contributed by atoms with Gasteiger partial charge < -0.3 is 20.3 Å². The van der Waals surface area contributed by atoms with Crippen LogP contribution >= 0.6 is 0 Å². The average molecular weight is 394 g/mol. The van der Waals surface area contributed by atoms with Crippen molar-refractivity contribution in [3.05, 3.63) is 53.7 Å². The standard InChI is InChI=1S/C22H26N4O3/c1-14-12-26(13-15(2)29-14)20-8-7-16(10-23-20)11-24-22(28)18-9-21(27)25-19-6-4-3-5-17(18)19/h3-8,10,14-15,18H,9,11-13H2,1-2H3,(H,24,28)(H,25,27). The molecule has 0 saturated carbocycles. The topological polar surface area (TPSA) is 83.6 Å². The van der Waals surface area contributed by atoms with E-state index in [1.807, 2.05) is 36.4 Å². The van der Waals surface area contributed by atoms with Crippen LogP contribution in [0, 0.1) is 0 Å². The molecule has 3 heterocycles. The number of fused-ring (bicyclic) bond motifs is 1. The Morgan fingerprint density at radius 2 is 1.97 bits per heavy atom. The van der Waals surface area contributed by atoms with Gasteiger partial charge in [0.1, 0.15) is 5.82 Å². The zero-order valence-electron chi connectivity index (χ0n) is 16.7. The van der Waals surface area contributed by atoms with Crippen molar-refractivity contribution in [2.24, 2.45) is 0 Å². The molecule has 3 unspecified atom stereocenters. The van der Waals surface area contributed by atoms with Gasteiger partial charge in [-0.3, -0.25) is 9.59 Å². The van der Waals surface area contributed by atoms with Gasteiger partial charge in [-0.15, -0.1) is 0 Å². The molecule has 4 rings (SSSR count). The molecule has 152 valence electrons. The lowest BCUT2D eigenvalue weighted by Crippen LogP contribution is -2.45. The normalized spacial score (nSPS) is 23.9. The van der Waals surface area contributed by atoms with Gasteiger partial charge in [0, 0.05) is 37.9 Å². The molecule has 1 aromatic heterocycles. The van der Waals surface area contributed by atoms with Gasteiger partial charge in [-0.2, -0.15) is 0 Å². The monoisotopic (exact) mass is 394 g/mol. The number of morpholine rings is 1. The molecule has 1 saturated heterocycles. The Morgan fingerprint density at radius 1 is 1.21 bits per heavy atom. The average Bonchev–Trinajstić information content (AvgIpc) is 2.71. The van der Waals surface area contributed by atoms with Crippen molar-refractivity contribution >= 4 is 23.3 Å². The van der Waals surface area contributed by atoms with Crippen LogP contribution in [0.15, 0.2) is 42.6 Å². The number of para-hydroxylation sites is 1. The summed E-state index contributed by atoms with van der Waals surface area (Å²) < 4.78 is 5.77. The number of nitrogens with one attached hydrogen (secondary N) is 2. The van der Waals surface area contributed by atoms with Crippen molar-refractivity contribution in [3.63, 3.8) is 0 Å². The van der Waals surface area contributed by atoms with Crippen molar-refractivity contribution in [2.45, 2.75) is 44.9 Å². The Labute approximate surface area is 170 Å². The third-order valence-corrected chi connectivity index (χ3v) is 5.34. The van der Waals surface area contributed by atoms with Gasteiger partial charge in [-0.25, -0.2) is 4.98 Å². The highest BCUT2D eigenvalue weighted by Crippen LogP contribution is 2.32. The molecule has 2 N–H and O–H groups in total. The molecule has 0 spiro atoms. The molecule has 3 atom stereocenters. The van der Waals surface area contributed by atoms with E-state index in [0.29, 0.717) is 12.2 Å². The Kier molecular flexibility index (Phi) is 5.49. The first-order valence-corrected chi connectivity index (χ1v) is 10.0. The molecule has 0 aliphatic carbocycles. The van der Waals surface area contributed by atoms with Gasteiger partial charge in [0.05, 0.1) is 18.1 Å². The largest absolute Gasteiger partial charge is 0.372 e. The predicted octanol–water partition coefficient (Wildman–Crippen LogP) is 2.44. The third-order valence-electron chi connectivity index (χ3n) is 5.34. The zero-order chi connectivity index (χ0) is 20.4. The second kappa shape index (κ2) is 8.21. The summed E-state index contributed by atoms with van der Waals surface area (Å²) in [5.74, 6) is 0.166. The second-order valence-corrected chi connectivity index (χ2v) is 7.80. The zero-order valence-corrected chi connectivity index (χ0v) is 16.7. The fraction of sp³-hybridized carbons (Fsp3) is 0.409. The van der Waals surface area contributed by atoms with Crippen LogP contribution in [0.5, 0.6) is 0 Å². The maximum atomic E-state index is 12.7. The summed E-state index contributed by atoms with van der Waals surface area (Å²) in [7, 11) is 0. The summed E-state index contributed by atoms with van der Waals surface area (Å²) in [6.07, 6.45) is 2.31. The van der Waals surface area contributed by atoms with Crippen LogP contribution in [-0.4, -0.2) is 42.1 Å². The molecule has 2 aliphatic rings. The molecular formula is C22H26N4O3. The van der Waals surface area contributed by atoms with E-state index in [1.165, 1.54) is 0 Å². The van der Waals surface area contributed by atoms with Crippen LogP contribution in [-0.2, 0) is 20.9 Å². The van der Waals surface area contributed by atoms with E-state index >= 15 is 0 Å². The number of rotatable bonds is 4. The maximum Gasteiger partial charge on any atom is 0.228 e. The van der Waals surface area contributed by atoms with Gasteiger partial charge in [0.15, 0.2) is 0 Å². The fourth-order valence-electron chi connectivity index (χ4n) is 4.03. The maximum absolute atomic E-state index is 12.7. The highest BCUT2D eigenvalue weighted by atomic mass is 16.5.